The lowest BCUT2D eigenvalue weighted by molar-refractivity contribution is -0.144. The molecule has 0 unspecified atom stereocenters. The van der Waals surface area contributed by atoms with Gasteiger partial charge < -0.3 is 9.47 Å². The van der Waals surface area contributed by atoms with E-state index in [-0.39, 0.29) is 5.97 Å². The average molecular weight is 276 g/mol. The lowest BCUT2D eigenvalue weighted by atomic mass is 9.91. The summed E-state index contributed by atoms with van der Waals surface area (Å²) in [5.41, 5.74) is 0.327. The van der Waals surface area contributed by atoms with E-state index >= 15 is 0 Å². The predicted octanol–water partition coefficient (Wildman–Crippen LogP) is 3.21. The maximum absolute atomic E-state index is 11.9. The van der Waals surface area contributed by atoms with Crippen molar-refractivity contribution in [3.63, 3.8) is 0 Å². The highest BCUT2D eigenvalue weighted by Crippen LogP contribution is 2.23. The Kier molecular flexibility index (Phi) is 5.50. The van der Waals surface area contributed by atoms with Crippen molar-refractivity contribution in [3.8, 4) is 5.75 Å². The molecule has 4 nitrogen and oxygen atoms in total. The van der Waals surface area contributed by atoms with Crippen molar-refractivity contribution in [3.05, 3.63) is 35.9 Å². The summed E-state index contributed by atoms with van der Waals surface area (Å²) in [7, 11) is 1.32. The van der Waals surface area contributed by atoms with Gasteiger partial charge in [0.15, 0.2) is 0 Å². The van der Waals surface area contributed by atoms with E-state index in [4.69, 9.17) is 4.74 Å². The molecule has 0 spiro atoms. The highest BCUT2D eigenvalue weighted by Gasteiger charge is 2.27. The first-order chi connectivity index (χ1) is 9.39. The lowest BCUT2D eigenvalue weighted by Crippen LogP contribution is -2.28. The zero-order valence-electron chi connectivity index (χ0n) is 12.3. The van der Waals surface area contributed by atoms with E-state index in [9.17, 15) is 9.59 Å². The van der Waals surface area contributed by atoms with E-state index in [1.807, 2.05) is 20.8 Å². The number of rotatable bonds is 5. The third kappa shape index (κ3) is 4.53. The molecule has 0 bridgehead atoms. The maximum atomic E-state index is 11.9. The molecule has 0 aliphatic heterocycles. The molecule has 0 saturated heterocycles. The van der Waals surface area contributed by atoms with Gasteiger partial charge in [-0.05, 0) is 44.0 Å². The van der Waals surface area contributed by atoms with Gasteiger partial charge in [-0.3, -0.25) is 4.79 Å². The summed E-state index contributed by atoms with van der Waals surface area (Å²) in [6.45, 7) is 5.65. The highest BCUT2D eigenvalue weighted by atomic mass is 16.5. The molecule has 0 aromatic heterocycles. The predicted molar refractivity (Wildman–Crippen MR) is 77.2 cm³/mol. The number of methoxy groups -OCH3 is 1. The largest absolute Gasteiger partial charge is 0.466 e. The van der Waals surface area contributed by atoms with Crippen LogP contribution in [0.3, 0.4) is 0 Å². The maximum Gasteiger partial charge on any atom is 0.330 e. The minimum absolute atomic E-state index is 0.252. The van der Waals surface area contributed by atoms with Crippen molar-refractivity contribution < 1.29 is 19.1 Å². The lowest BCUT2D eigenvalue weighted by Gasteiger charge is -2.20. The van der Waals surface area contributed by atoms with E-state index in [1.54, 1.807) is 30.3 Å². The Labute approximate surface area is 119 Å². The van der Waals surface area contributed by atoms with Crippen molar-refractivity contribution in [2.45, 2.75) is 27.2 Å². The Morgan fingerprint density at radius 3 is 2.30 bits per heavy atom. The topological polar surface area (TPSA) is 52.6 Å². The fourth-order valence-corrected chi connectivity index (χ4v) is 1.27. The molecule has 20 heavy (non-hydrogen) atoms. The van der Waals surface area contributed by atoms with Gasteiger partial charge in [0, 0.05) is 6.08 Å². The first-order valence-electron chi connectivity index (χ1n) is 6.47. The minimum Gasteiger partial charge on any atom is -0.466 e. The van der Waals surface area contributed by atoms with E-state index < -0.39 is 11.4 Å². The molecule has 0 aliphatic carbocycles. The molecule has 4 heteroatoms. The summed E-state index contributed by atoms with van der Waals surface area (Å²) in [5.74, 6) is -0.171. The SMILES string of the molecule is CCC(C)(C)C(=O)Oc1ccc(/C=C/C(=O)OC)cc1. The fraction of sp³-hybridized carbons (Fsp3) is 0.375. The number of carbonyl (C=O) groups is 2. The van der Waals surface area contributed by atoms with Crippen LogP contribution in [0.1, 0.15) is 32.8 Å². The number of esters is 2. The monoisotopic (exact) mass is 276 g/mol. The molecule has 1 aromatic carbocycles. The number of carbonyl (C=O) groups excluding carboxylic acids is 2. The van der Waals surface area contributed by atoms with Crippen LogP contribution in [-0.2, 0) is 14.3 Å². The number of hydrogen-bond donors (Lipinski definition) is 0. The molecular weight excluding hydrogens is 256 g/mol. The summed E-state index contributed by atoms with van der Waals surface area (Å²) < 4.78 is 9.82. The van der Waals surface area contributed by atoms with Gasteiger partial charge in [0.2, 0.25) is 0 Å². The Balaban J connectivity index is 2.70. The van der Waals surface area contributed by atoms with Crippen LogP contribution in [0.15, 0.2) is 30.3 Å². The third-order valence-electron chi connectivity index (χ3n) is 3.14. The normalized spacial score (nSPS) is 11.4. The molecule has 0 saturated carbocycles. The summed E-state index contributed by atoms with van der Waals surface area (Å²) in [4.78, 5) is 22.9. The van der Waals surface area contributed by atoms with E-state index in [0.717, 1.165) is 5.56 Å². The third-order valence-corrected chi connectivity index (χ3v) is 3.14. The Bertz CT molecular complexity index is 498. The van der Waals surface area contributed by atoms with Crippen molar-refractivity contribution in [1.82, 2.24) is 0 Å². The van der Waals surface area contributed by atoms with Crippen LogP contribution < -0.4 is 4.74 Å². The van der Waals surface area contributed by atoms with Gasteiger partial charge >= 0.3 is 11.9 Å². The minimum atomic E-state index is -0.497. The smallest absolute Gasteiger partial charge is 0.330 e. The van der Waals surface area contributed by atoms with E-state index in [1.165, 1.54) is 13.2 Å². The van der Waals surface area contributed by atoms with Gasteiger partial charge in [0.25, 0.3) is 0 Å². The van der Waals surface area contributed by atoms with Crippen molar-refractivity contribution in [2.75, 3.05) is 7.11 Å². The van der Waals surface area contributed by atoms with Gasteiger partial charge in [-0.1, -0.05) is 19.1 Å². The molecule has 108 valence electrons. The van der Waals surface area contributed by atoms with Crippen LogP contribution in [0.4, 0.5) is 0 Å². The Morgan fingerprint density at radius 1 is 1.20 bits per heavy atom. The zero-order chi connectivity index (χ0) is 15.2. The standard InChI is InChI=1S/C16H20O4/c1-5-16(2,3)15(18)20-13-9-6-12(7-10-13)8-11-14(17)19-4/h6-11H,5H2,1-4H3/b11-8+. The summed E-state index contributed by atoms with van der Waals surface area (Å²) >= 11 is 0. The second kappa shape index (κ2) is 6.89. The quantitative estimate of drug-likeness (QED) is 0.471. The second-order valence-corrected chi connectivity index (χ2v) is 5.05. The van der Waals surface area contributed by atoms with Gasteiger partial charge in [0.05, 0.1) is 12.5 Å². The summed E-state index contributed by atoms with van der Waals surface area (Å²) in [6.07, 6.45) is 3.68. The number of ether oxygens (including phenoxy) is 2. The molecule has 0 aliphatic rings. The van der Waals surface area contributed by atoms with Gasteiger partial charge in [-0.2, -0.15) is 0 Å². The molecule has 0 heterocycles. The molecule has 1 rings (SSSR count). The first-order valence-corrected chi connectivity index (χ1v) is 6.47. The van der Waals surface area contributed by atoms with Gasteiger partial charge in [-0.25, -0.2) is 4.79 Å². The van der Waals surface area contributed by atoms with Crippen LogP contribution in [-0.4, -0.2) is 19.0 Å². The molecule has 0 radical (unpaired) electrons. The first kappa shape index (κ1) is 16.0. The highest BCUT2D eigenvalue weighted by molar-refractivity contribution is 5.87. The van der Waals surface area contributed by atoms with Gasteiger partial charge in [-0.15, -0.1) is 0 Å². The van der Waals surface area contributed by atoms with Crippen molar-refractivity contribution >= 4 is 18.0 Å². The van der Waals surface area contributed by atoms with Gasteiger partial charge in [0.1, 0.15) is 5.75 Å². The van der Waals surface area contributed by atoms with Crippen LogP contribution >= 0.6 is 0 Å². The molecule has 0 amide bonds. The van der Waals surface area contributed by atoms with Crippen LogP contribution in [0.2, 0.25) is 0 Å². The molecule has 0 atom stereocenters. The zero-order valence-corrected chi connectivity index (χ0v) is 12.3. The van der Waals surface area contributed by atoms with Crippen molar-refractivity contribution in [1.29, 1.82) is 0 Å². The van der Waals surface area contributed by atoms with E-state index in [2.05, 4.69) is 4.74 Å². The average Bonchev–Trinajstić information content (AvgIpc) is 2.46. The van der Waals surface area contributed by atoms with Crippen LogP contribution in [0.25, 0.3) is 6.08 Å². The Hall–Kier alpha value is -2.10. The van der Waals surface area contributed by atoms with Crippen LogP contribution in [0, 0.1) is 5.41 Å². The van der Waals surface area contributed by atoms with Crippen LogP contribution in [0.5, 0.6) is 5.75 Å². The number of benzene rings is 1. The fourth-order valence-electron chi connectivity index (χ4n) is 1.27. The number of hydrogen-bond acceptors (Lipinski definition) is 4. The second-order valence-electron chi connectivity index (χ2n) is 5.05. The summed E-state index contributed by atoms with van der Waals surface area (Å²) in [6, 6.07) is 6.92. The molecule has 0 N–H and O–H groups in total. The van der Waals surface area contributed by atoms with Crippen molar-refractivity contribution in [2.24, 2.45) is 5.41 Å². The van der Waals surface area contributed by atoms with E-state index in [0.29, 0.717) is 12.2 Å². The molecular formula is C16H20O4. The molecule has 1 aromatic rings. The Morgan fingerprint density at radius 2 is 1.80 bits per heavy atom. The summed E-state index contributed by atoms with van der Waals surface area (Å²) in [5, 5.41) is 0. The molecule has 0 fully saturated rings.